The Morgan fingerprint density at radius 3 is 2.62 bits per heavy atom. The lowest BCUT2D eigenvalue weighted by atomic mass is 10.1. The zero-order valence-corrected chi connectivity index (χ0v) is 15.7. The first-order chi connectivity index (χ1) is 12.5. The second-order valence-corrected chi connectivity index (χ2v) is 7.95. The average molecular weight is 387 g/mol. The summed E-state index contributed by atoms with van der Waals surface area (Å²) in [5.41, 5.74) is 0. The van der Waals surface area contributed by atoms with Gasteiger partial charge in [0.1, 0.15) is 0 Å². The third-order valence-corrected chi connectivity index (χ3v) is 6.40. The number of carbonyl (C=O) groups excluding carboxylic acids is 1. The maximum absolute atomic E-state index is 12.8. The number of ether oxygens (including phenoxy) is 1. The molecular formula is C19H17NO4S2. The second-order valence-electron chi connectivity index (χ2n) is 5.63. The van der Waals surface area contributed by atoms with Crippen LogP contribution in [0.1, 0.15) is 11.8 Å². The lowest BCUT2D eigenvalue weighted by Gasteiger charge is -2.26. The molecule has 0 aliphatic rings. The topological polar surface area (TPSA) is 69.4 Å². The Kier molecular flexibility index (Phi) is 5.58. The van der Waals surface area contributed by atoms with Crippen LogP contribution in [-0.4, -0.2) is 24.0 Å². The lowest BCUT2D eigenvalue weighted by Crippen LogP contribution is -2.40. The van der Waals surface area contributed by atoms with E-state index in [1.807, 2.05) is 47.8 Å². The maximum Gasteiger partial charge on any atom is 0.334 e. The predicted octanol–water partition coefficient (Wildman–Crippen LogP) is 4.73. The van der Waals surface area contributed by atoms with Gasteiger partial charge < -0.3 is 4.74 Å². The Morgan fingerprint density at radius 1 is 1.19 bits per heavy atom. The van der Waals surface area contributed by atoms with Gasteiger partial charge in [0.25, 0.3) is 0 Å². The molecular weight excluding hydrogens is 370 g/mol. The number of rotatable bonds is 7. The van der Waals surface area contributed by atoms with Crippen LogP contribution in [0.3, 0.4) is 0 Å². The van der Waals surface area contributed by atoms with Crippen molar-refractivity contribution in [3.8, 4) is 0 Å². The van der Waals surface area contributed by atoms with Gasteiger partial charge in [-0.25, -0.2) is 4.79 Å². The average Bonchev–Trinajstić information content (AvgIpc) is 3.16. The molecule has 0 radical (unpaired) electrons. The fourth-order valence-corrected chi connectivity index (χ4v) is 5.01. The molecule has 1 heterocycles. The summed E-state index contributed by atoms with van der Waals surface area (Å²) in [7, 11) is 0. The van der Waals surface area contributed by atoms with E-state index in [9.17, 15) is 14.9 Å². The quantitative estimate of drug-likeness (QED) is 0.254. The normalized spacial score (nSPS) is 13.3. The van der Waals surface area contributed by atoms with Crippen LogP contribution in [0.2, 0.25) is 0 Å². The van der Waals surface area contributed by atoms with Crippen LogP contribution in [0.15, 0.2) is 64.9 Å². The van der Waals surface area contributed by atoms with Crippen molar-refractivity contribution >= 4 is 39.8 Å². The molecule has 3 aromatic rings. The molecule has 0 saturated carbocycles. The Balaban J connectivity index is 2.08. The molecule has 0 bridgehead atoms. The Morgan fingerprint density at radius 2 is 1.96 bits per heavy atom. The maximum atomic E-state index is 12.8. The van der Waals surface area contributed by atoms with E-state index in [1.165, 1.54) is 23.1 Å². The molecule has 7 heteroatoms. The summed E-state index contributed by atoms with van der Waals surface area (Å²) in [6.45, 7) is 1.33. The van der Waals surface area contributed by atoms with E-state index in [-0.39, 0.29) is 6.61 Å². The van der Waals surface area contributed by atoms with Crippen LogP contribution in [0.4, 0.5) is 0 Å². The van der Waals surface area contributed by atoms with Gasteiger partial charge in [-0.15, -0.1) is 11.3 Å². The number of hydrogen-bond donors (Lipinski definition) is 0. The number of carbonyl (C=O) groups is 1. The highest BCUT2D eigenvalue weighted by Gasteiger charge is 2.49. The lowest BCUT2D eigenvalue weighted by molar-refractivity contribution is -0.483. The highest BCUT2D eigenvalue weighted by molar-refractivity contribution is 8.01. The van der Waals surface area contributed by atoms with Crippen LogP contribution in [0.25, 0.3) is 10.8 Å². The Labute approximate surface area is 159 Å². The molecule has 0 amide bonds. The van der Waals surface area contributed by atoms with Crippen LogP contribution in [-0.2, 0) is 14.3 Å². The van der Waals surface area contributed by atoms with E-state index >= 15 is 0 Å². The molecule has 0 aliphatic carbocycles. The minimum atomic E-state index is -1.41. The van der Waals surface area contributed by atoms with Crippen LogP contribution in [0, 0.1) is 10.1 Å². The number of hydrogen-bond acceptors (Lipinski definition) is 6. The fourth-order valence-electron chi connectivity index (χ4n) is 2.74. The second kappa shape index (κ2) is 7.88. The molecule has 26 heavy (non-hydrogen) atoms. The number of esters is 1. The summed E-state index contributed by atoms with van der Waals surface area (Å²) in [5, 5.41) is 15.3. The van der Waals surface area contributed by atoms with Crippen LogP contribution >= 0.6 is 23.1 Å². The van der Waals surface area contributed by atoms with Gasteiger partial charge in [-0.05, 0) is 41.3 Å². The molecule has 1 atom stereocenters. The van der Waals surface area contributed by atoms with Crippen molar-refractivity contribution in [2.75, 3.05) is 13.2 Å². The Hall–Kier alpha value is -2.38. The summed E-state index contributed by atoms with van der Waals surface area (Å²) in [6.07, 6.45) is 0. The molecule has 0 fully saturated rings. The molecule has 134 valence electrons. The highest BCUT2D eigenvalue weighted by atomic mass is 32.2. The predicted molar refractivity (Wildman–Crippen MR) is 104 cm³/mol. The minimum absolute atomic E-state index is 0.169. The summed E-state index contributed by atoms with van der Waals surface area (Å²) in [6, 6.07) is 17.2. The monoisotopic (exact) mass is 387 g/mol. The molecule has 5 nitrogen and oxygen atoms in total. The molecule has 0 saturated heterocycles. The third kappa shape index (κ3) is 3.73. The number of thiophene rings is 1. The number of nitrogens with zero attached hydrogens (tertiary/aromatic N) is 1. The molecule has 3 rings (SSSR count). The number of thioether (sulfide) groups is 1. The van der Waals surface area contributed by atoms with Gasteiger partial charge in [0.15, 0.2) is 0 Å². The van der Waals surface area contributed by atoms with Gasteiger partial charge in [0.2, 0.25) is 11.3 Å². The van der Waals surface area contributed by atoms with Gasteiger partial charge in [-0.2, -0.15) is 0 Å². The van der Waals surface area contributed by atoms with E-state index in [4.69, 9.17) is 4.74 Å². The van der Waals surface area contributed by atoms with E-state index in [0.29, 0.717) is 4.88 Å². The van der Waals surface area contributed by atoms with Gasteiger partial charge in [-0.1, -0.05) is 48.2 Å². The summed E-state index contributed by atoms with van der Waals surface area (Å²) in [5.74, 6) is -0.586. The van der Waals surface area contributed by atoms with Gasteiger partial charge >= 0.3 is 5.97 Å². The van der Waals surface area contributed by atoms with Crippen molar-refractivity contribution in [1.29, 1.82) is 0 Å². The number of nitro groups is 1. The molecule has 1 unspecified atom stereocenters. The molecule has 1 aromatic heterocycles. The van der Waals surface area contributed by atoms with E-state index in [0.717, 1.165) is 15.7 Å². The van der Waals surface area contributed by atoms with Crippen molar-refractivity contribution < 1.29 is 14.5 Å². The first-order valence-corrected chi connectivity index (χ1v) is 9.75. The van der Waals surface area contributed by atoms with Crippen molar-refractivity contribution in [2.24, 2.45) is 0 Å². The smallest absolute Gasteiger partial charge is 0.334 e. The fraction of sp³-hybridized carbons (Fsp3) is 0.211. The van der Waals surface area contributed by atoms with Crippen molar-refractivity contribution in [2.45, 2.75) is 16.6 Å². The molecule has 0 spiro atoms. The first-order valence-electron chi connectivity index (χ1n) is 8.06. The summed E-state index contributed by atoms with van der Waals surface area (Å²) >= 11 is 2.50. The van der Waals surface area contributed by atoms with E-state index in [2.05, 4.69) is 0 Å². The number of fused-ring (bicyclic) bond motifs is 1. The molecule has 0 aliphatic heterocycles. The van der Waals surface area contributed by atoms with Crippen LogP contribution in [0.5, 0.6) is 0 Å². The summed E-state index contributed by atoms with van der Waals surface area (Å²) in [4.78, 5) is 25.2. The highest BCUT2D eigenvalue weighted by Crippen LogP contribution is 2.45. The van der Waals surface area contributed by atoms with E-state index in [1.54, 1.807) is 19.1 Å². The van der Waals surface area contributed by atoms with Crippen LogP contribution < -0.4 is 0 Å². The summed E-state index contributed by atoms with van der Waals surface area (Å²) < 4.78 is 3.83. The zero-order valence-electron chi connectivity index (χ0n) is 14.1. The van der Waals surface area contributed by atoms with Crippen molar-refractivity contribution in [3.63, 3.8) is 0 Å². The SMILES string of the molecule is CCOC(=O)C(C[N+](=O)[O-])(Sc1ccc2ccccc2c1)c1cccs1. The van der Waals surface area contributed by atoms with Gasteiger partial charge in [-0.3, -0.25) is 10.1 Å². The minimum Gasteiger partial charge on any atom is -0.464 e. The van der Waals surface area contributed by atoms with Crippen molar-refractivity contribution in [3.05, 3.63) is 75.0 Å². The largest absolute Gasteiger partial charge is 0.464 e. The molecule has 0 N–H and O–H groups in total. The van der Waals surface area contributed by atoms with Gasteiger partial charge in [0.05, 0.1) is 6.61 Å². The molecule has 2 aromatic carbocycles. The third-order valence-electron chi connectivity index (χ3n) is 3.89. The van der Waals surface area contributed by atoms with Gasteiger partial charge in [0, 0.05) is 14.7 Å². The first kappa shape index (κ1) is 18.4. The standard InChI is InChI=1S/C19H17NO4S2/c1-2-24-18(21)19(13-20(22)23,17-8-5-11-25-17)26-16-10-9-14-6-3-4-7-15(14)12-16/h3-12H,2,13H2,1H3. The van der Waals surface area contributed by atoms with Crippen molar-refractivity contribution in [1.82, 2.24) is 0 Å². The Bertz CT molecular complexity index is 926. The number of benzene rings is 2. The van der Waals surface area contributed by atoms with E-state index < -0.39 is 22.2 Å². The zero-order chi connectivity index (χ0) is 18.6.